The van der Waals surface area contributed by atoms with Crippen LogP contribution in [0.4, 0.5) is 0 Å². The second-order valence-electron chi connectivity index (χ2n) is 9.09. The Kier molecular flexibility index (Phi) is 6.64. The fourth-order valence-electron chi connectivity index (χ4n) is 4.99. The molecule has 5 rings (SSSR count). The standard InChI is InChI=1S/C29H30ClNO3/c1-33-24-12-13-28-27(19-24)26(25-6-3-2-5-21(25)20-34-28)7-4-16-31-17-14-29(32,15-18-31)22-8-10-23(30)11-9-22/h2-3,5-13,19,32H,4,14-18,20H2,1H3/b26-7+. The van der Waals surface area contributed by atoms with Gasteiger partial charge in [-0.25, -0.2) is 0 Å². The molecule has 0 atom stereocenters. The minimum atomic E-state index is -0.771. The highest BCUT2D eigenvalue weighted by Gasteiger charge is 2.33. The molecule has 176 valence electrons. The van der Waals surface area contributed by atoms with E-state index in [1.807, 2.05) is 36.4 Å². The van der Waals surface area contributed by atoms with Crippen LogP contribution in [-0.4, -0.2) is 36.8 Å². The first-order valence-electron chi connectivity index (χ1n) is 11.9. The van der Waals surface area contributed by atoms with E-state index in [1.165, 1.54) is 16.7 Å². The molecule has 0 radical (unpaired) electrons. The number of fused-ring (bicyclic) bond motifs is 2. The molecule has 2 aliphatic rings. The zero-order chi connectivity index (χ0) is 23.5. The van der Waals surface area contributed by atoms with Crippen molar-refractivity contribution in [2.24, 2.45) is 0 Å². The van der Waals surface area contributed by atoms with Gasteiger partial charge in [0.25, 0.3) is 0 Å². The minimum Gasteiger partial charge on any atom is -0.497 e. The molecule has 0 spiro atoms. The molecule has 0 unspecified atom stereocenters. The van der Waals surface area contributed by atoms with Crippen LogP contribution < -0.4 is 9.47 Å². The summed E-state index contributed by atoms with van der Waals surface area (Å²) in [5.74, 6) is 1.71. The molecule has 0 aliphatic carbocycles. The van der Waals surface area contributed by atoms with Crippen molar-refractivity contribution in [2.45, 2.75) is 31.5 Å². The Morgan fingerprint density at radius 2 is 1.79 bits per heavy atom. The van der Waals surface area contributed by atoms with Crippen LogP contribution in [0.15, 0.2) is 72.8 Å². The van der Waals surface area contributed by atoms with Crippen LogP contribution in [-0.2, 0) is 12.2 Å². The predicted molar refractivity (Wildman–Crippen MR) is 136 cm³/mol. The van der Waals surface area contributed by atoms with Gasteiger partial charge in [0.05, 0.1) is 12.7 Å². The van der Waals surface area contributed by atoms with E-state index in [4.69, 9.17) is 21.1 Å². The van der Waals surface area contributed by atoms with Crippen molar-refractivity contribution in [3.05, 3.63) is 100 Å². The number of benzene rings is 3. The largest absolute Gasteiger partial charge is 0.497 e. The third-order valence-corrected chi connectivity index (χ3v) is 7.28. The van der Waals surface area contributed by atoms with Gasteiger partial charge in [-0.1, -0.05) is 54.1 Å². The van der Waals surface area contributed by atoms with E-state index in [9.17, 15) is 5.11 Å². The molecule has 0 bridgehead atoms. The van der Waals surface area contributed by atoms with E-state index in [2.05, 4.69) is 41.3 Å². The lowest BCUT2D eigenvalue weighted by Gasteiger charge is -2.38. The van der Waals surface area contributed by atoms with Gasteiger partial charge < -0.3 is 19.5 Å². The van der Waals surface area contributed by atoms with Crippen LogP contribution in [0.1, 0.15) is 41.5 Å². The average molecular weight is 476 g/mol. The molecule has 3 aromatic rings. The highest BCUT2D eigenvalue weighted by molar-refractivity contribution is 6.30. The van der Waals surface area contributed by atoms with E-state index in [1.54, 1.807) is 7.11 Å². The molecule has 0 amide bonds. The average Bonchev–Trinajstić information content (AvgIpc) is 3.02. The Morgan fingerprint density at radius 3 is 2.56 bits per heavy atom. The van der Waals surface area contributed by atoms with Gasteiger partial charge in [0.1, 0.15) is 18.1 Å². The van der Waals surface area contributed by atoms with E-state index in [0.717, 1.165) is 61.5 Å². The second-order valence-corrected chi connectivity index (χ2v) is 9.53. The van der Waals surface area contributed by atoms with Crippen molar-refractivity contribution in [3.8, 4) is 11.5 Å². The first-order valence-corrected chi connectivity index (χ1v) is 12.2. The summed E-state index contributed by atoms with van der Waals surface area (Å²) in [4.78, 5) is 2.44. The number of piperidine rings is 1. The van der Waals surface area contributed by atoms with Gasteiger partial charge in [0.2, 0.25) is 0 Å². The summed E-state index contributed by atoms with van der Waals surface area (Å²) in [6.07, 6.45) is 4.69. The molecule has 0 aromatic heterocycles. The SMILES string of the molecule is COc1ccc2c(c1)/C(=C/CCN1CCC(O)(c3ccc(Cl)cc3)CC1)c1ccccc1CO2. The molecule has 34 heavy (non-hydrogen) atoms. The van der Waals surface area contributed by atoms with Crippen LogP contribution in [0.25, 0.3) is 5.57 Å². The Morgan fingerprint density at radius 1 is 1.03 bits per heavy atom. The first-order chi connectivity index (χ1) is 16.6. The zero-order valence-electron chi connectivity index (χ0n) is 19.5. The molecule has 1 saturated heterocycles. The smallest absolute Gasteiger partial charge is 0.127 e. The fourth-order valence-corrected chi connectivity index (χ4v) is 5.11. The van der Waals surface area contributed by atoms with Gasteiger partial charge in [-0.05, 0) is 71.9 Å². The molecule has 3 aromatic carbocycles. The summed E-state index contributed by atoms with van der Waals surface area (Å²) >= 11 is 6.02. The lowest BCUT2D eigenvalue weighted by molar-refractivity contribution is -0.0254. The quantitative estimate of drug-likeness (QED) is 0.488. The first kappa shape index (κ1) is 23.0. The number of ether oxygens (including phenoxy) is 2. The number of methoxy groups -OCH3 is 1. The number of hydrogen-bond donors (Lipinski definition) is 1. The van der Waals surface area contributed by atoms with Gasteiger partial charge in [0, 0.05) is 30.2 Å². The van der Waals surface area contributed by atoms with Crippen LogP contribution >= 0.6 is 11.6 Å². The topological polar surface area (TPSA) is 41.9 Å². The Bertz CT molecular complexity index is 1180. The third kappa shape index (κ3) is 4.72. The van der Waals surface area contributed by atoms with Crippen LogP contribution in [0.5, 0.6) is 11.5 Å². The van der Waals surface area contributed by atoms with Gasteiger partial charge in [-0.15, -0.1) is 0 Å². The van der Waals surface area contributed by atoms with Crippen molar-refractivity contribution >= 4 is 17.2 Å². The maximum atomic E-state index is 11.2. The van der Waals surface area contributed by atoms with Gasteiger partial charge in [0.15, 0.2) is 0 Å². The van der Waals surface area contributed by atoms with E-state index >= 15 is 0 Å². The fraction of sp³-hybridized carbons (Fsp3) is 0.310. The molecule has 2 aliphatic heterocycles. The molecular formula is C29H30ClNO3. The van der Waals surface area contributed by atoms with Crippen molar-refractivity contribution in [2.75, 3.05) is 26.7 Å². The molecule has 1 fully saturated rings. The summed E-state index contributed by atoms with van der Waals surface area (Å²) in [6, 6.07) is 22.1. The molecule has 1 N–H and O–H groups in total. The summed E-state index contributed by atoms with van der Waals surface area (Å²) in [5, 5.41) is 11.9. The normalized spacial score (nSPS) is 18.5. The third-order valence-electron chi connectivity index (χ3n) is 7.03. The number of hydrogen-bond acceptors (Lipinski definition) is 4. The van der Waals surface area contributed by atoms with Crippen molar-refractivity contribution in [1.29, 1.82) is 0 Å². The van der Waals surface area contributed by atoms with E-state index in [-0.39, 0.29) is 0 Å². The number of aliphatic hydroxyl groups is 1. The lowest BCUT2D eigenvalue weighted by Crippen LogP contribution is -2.42. The van der Waals surface area contributed by atoms with Crippen molar-refractivity contribution < 1.29 is 14.6 Å². The molecule has 4 nitrogen and oxygen atoms in total. The molecular weight excluding hydrogens is 446 g/mol. The number of likely N-dealkylation sites (tertiary alicyclic amines) is 1. The molecule has 5 heteroatoms. The molecule has 2 heterocycles. The minimum absolute atomic E-state index is 0.558. The highest BCUT2D eigenvalue weighted by atomic mass is 35.5. The van der Waals surface area contributed by atoms with Gasteiger partial charge in [-0.3, -0.25) is 0 Å². The molecule has 0 saturated carbocycles. The van der Waals surface area contributed by atoms with Gasteiger partial charge in [-0.2, -0.15) is 0 Å². The maximum absolute atomic E-state index is 11.2. The van der Waals surface area contributed by atoms with E-state index in [0.29, 0.717) is 11.6 Å². The van der Waals surface area contributed by atoms with Crippen LogP contribution in [0.2, 0.25) is 5.02 Å². The predicted octanol–water partition coefficient (Wildman–Crippen LogP) is 6.05. The lowest BCUT2D eigenvalue weighted by atomic mass is 9.84. The zero-order valence-corrected chi connectivity index (χ0v) is 20.2. The van der Waals surface area contributed by atoms with Crippen LogP contribution in [0, 0.1) is 0 Å². The summed E-state index contributed by atoms with van der Waals surface area (Å²) in [7, 11) is 1.69. The summed E-state index contributed by atoms with van der Waals surface area (Å²) in [5.41, 5.74) is 4.85. The second kappa shape index (κ2) is 9.83. The monoisotopic (exact) mass is 475 g/mol. The number of nitrogens with zero attached hydrogens (tertiary/aromatic N) is 1. The Balaban J connectivity index is 1.31. The van der Waals surface area contributed by atoms with E-state index < -0.39 is 5.60 Å². The van der Waals surface area contributed by atoms with Crippen molar-refractivity contribution in [1.82, 2.24) is 4.90 Å². The summed E-state index contributed by atoms with van der Waals surface area (Å²) < 4.78 is 11.6. The Hall–Kier alpha value is -2.79. The number of halogens is 1. The summed E-state index contributed by atoms with van der Waals surface area (Å²) in [6.45, 7) is 3.24. The van der Waals surface area contributed by atoms with Gasteiger partial charge >= 0.3 is 0 Å². The van der Waals surface area contributed by atoms with Crippen molar-refractivity contribution in [3.63, 3.8) is 0 Å². The van der Waals surface area contributed by atoms with Crippen LogP contribution in [0.3, 0.4) is 0 Å². The Labute approximate surface area is 206 Å². The number of rotatable bonds is 5. The highest BCUT2D eigenvalue weighted by Crippen LogP contribution is 2.39. The maximum Gasteiger partial charge on any atom is 0.127 e.